The second-order valence-corrected chi connectivity index (χ2v) is 17.2. The van der Waals surface area contributed by atoms with E-state index in [4.69, 9.17) is 9.05 Å². The number of phosphoric ester groups is 1. The first-order chi connectivity index (χ1) is 27.4. The summed E-state index contributed by atoms with van der Waals surface area (Å²) in [6.07, 6.45) is 47.8. The number of unbranched alkanes of at least 4 members (excludes halogenated alkanes) is 11. The van der Waals surface area contributed by atoms with Crippen LogP contribution in [0.25, 0.3) is 0 Å². The first-order valence-electron chi connectivity index (χ1n) is 22.0. The molecule has 0 saturated heterocycles. The van der Waals surface area contributed by atoms with Gasteiger partial charge in [0.2, 0.25) is 5.91 Å². The smallest absolute Gasteiger partial charge is 0.268 e. The van der Waals surface area contributed by atoms with Crippen molar-refractivity contribution in [2.24, 2.45) is 0 Å². The van der Waals surface area contributed by atoms with Crippen LogP contribution >= 0.6 is 7.82 Å². The Morgan fingerprint density at radius 3 is 1.70 bits per heavy atom. The number of likely N-dealkylation sites (N-methyl/N-ethyl adjacent to an activating group) is 1. The van der Waals surface area contributed by atoms with Crippen LogP contribution in [-0.4, -0.2) is 79.8 Å². The van der Waals surface area contributed by atoms with Gasteiger partial charge in [-0.15, -0.1) is 0 Å². The summed E-state index contributed by atoms with van der Waals surface area (Å²) in [6.45, 7) is 4.04. The first-order valence-corrected chi connectivity index (χ1v) is 23.4. The van der Waals surface area contributed by atoms with E-state index in [-0.39, 0.29) is 18.9 Å². The minimum atomic E-state index is -4.68. The Balaban J connectivity index is 4.53. The number of phosphoric acid groups is 1. The molecule has 0 aliphatic rings. The highest BCUT2D eigenvalue weighted by Crippen LogP contribution is 2.38. The van der Waals surface area contributed by atoms with E-state index in [1.54, 1.807) is 0 Å². The van der Waals surface area contributed by atoms with Crippen molar-refractivity contribution in [2.45, 2.75) is 167 Å². The third-order valence-electron chi connectivity index (χ3n) is 9.26. The van der Waals surface area contributed by atoms with Gasteiger partial charge in [-0.25, -0.2) is 0 Å². The van der Waals surface area contributed by atoms with Crippen LogP contribution in [0, 0.1) is 0 Å². The van der Waals surface area contributed by atoms with Crippen LogP contribution in [0.4, 0.5) is 0 Å². The normalized spacial score (nSPS) is 15.7. The van der Waals surface area contributed by atoms with Gasteiger partial charge in [0.25, 0.3) is 7.82 Å². The van der Waals surface area contributed by atoms with E-state index in [2.05, 4.69) is 97.3 Å². The Morgan fingerprint density at radius 2 is 1.14 bits per heavy atom. The molecule has 0 aromatic heterocycles. The molecule has 0 aromatic carbocycles. The van der Waals surface area contributed by atoms with Crippen LogP contribution < -0.4 is 10.2 Å². The standard InChI is InChI=1S/C47H83N2O7P/c1-6-8-10-12-14-16-18-20-21-22-23-24-25-26-27-28-30-32-34-36-38-40-46(51)48-44(43-56-57(53,54)55-42-41-49(3,4)5)47(52)45(50)39-37-35-33-31-29-19-17-15-13-11-9-7-2/h7-10,14-17,20-21,23-24,31,33,44-45,47,50,52H,6,11-13,18-19,22,25-30,32,34-43H2,1-5H3,(H-,48,51,53,54)/b9-7+,10-8-,16-14-,17-15+,21-20-,24-23-,33-31+. The number of aliphatic hydroxyl groups is 2. The maximum Gasteiger partial charge on any atom is 0.268 e. The predicted octanol–water partition coefficient (Wildman–Crippen LogP) is 10.5. The lowest BCUT2D eigenvalue weighted by Gasteiger charge is -2.31. The molecule has 328 valence electrons. The lowest BCUT2D eigenvalue weighted by molar-refractivity contribution is -0.870. The third kappa shape index (κ3) is 38.9. The van der Waals surface area contributed by atoms with Gasteiger partial charge < -0.3 is 34.0 Å². The second-order valence-electron chi connectivity index (χ2n) is 15.8. The van der Waals surface area contributed by atoms with Crippen LogP contribution in [0.1, 0.15) is 149 Å². The van der Waals surface area contributed by atoms with Crippen molar-refractivity contribution in [2.75, 3.05) is 40.9 Å². The molecule has 0 heterocycles. The molecule has 0 radical (unpaired) electrons. The summed E-state index contributed by atoms with van der Waals surface area (Å²) in [7, 11) is 1.07. The number of nitrogens with one attached hydrogen (secondary N) is 1. The number of carbonyl (C=O) groups excluding carboxylic acids is 1. The molecule has 0 bridgehead atoms. The van der Waals surface area contributed by atoms with Crippen LogP contribution in [0.5, 0.6) is 0 Å². The Morgan fingerprint density at radius 1 is 0.667 bits per heavy atom. The fraction of sp³-hybridized carbons (Fsp3) is 0.681. The fourth-order valence-corrected chi connectivity index (χ4v) is 6.48. The Kier molecular flexibility index (Phi) is 36.3. The molecule has 0 aliphatic heterocycles. The summed E-state index contributed by atoms with van der Waals surface area (Å²) < 4.78 is 23.1. The number of hydrogen-bond acceptors (Lipinski definition) is 7. The number of nitrogens with zero attached hydrogens (tertiary/aromatic N) is 1. The van der Waals surface area contributed by atoms with E-state index < -0.39 is 32.7 Å². The zero-order valence-electron chi connectivity index (χ0n) is 36.6. The van der Waals surface area contributed by atoms with Gasteiger partial charge >= 0.3 is 0 Å². The molecule has 1 amide bonds. The van der Waals surface area contributed by atoms with Gasteiger partial charge in [0.05, 0.1) is 39.9 Å². The third-order valence-corrected chi connectivity index (χ3v) is 10.2. The van der Waals surface area contributed by atoms with Gasteiger partial charge in [0.1, 0.15) is 19.3 Å². The van der Waals surface area contributed by atoms with Gasteiger partial charge in [-0.3, -0.25) is 9.36 Å². The van der Waals surface area contributed by atoms with Crippen LogP contribution in [0.2, 0.25) is 0 Å². The topological polar surface area (TPSA) is 128 Å². The first kappa shape index (κ1) is 54.6. The molecule has 0 rings (SSSR count). The Bertz CT molecular complexity index is 1220. The molecule has 3 N–H and O–H groups in total. The number of hydrogen-bond donors (Lipinski definition) is 3. The van der Waals surface area contributed by atoms with Crippen molar-refractivity contribution in [1.82, 2.24) is 5.32 Å². The number of carbonyl (C=O) groups is 1. The maximum absolute atomic E-state index is 12.9. The highest BCUT2D eigenvalue weighted by atomic mass is 31.2. The molecule has 4 unspecified atom stereocenters. The number of allylic oxidation sites excluding steroid dienone is 14. The number of rotatable bonds is 38. The highest BCUT2D eigenvalue weighted by molar-refractivity contribution is 7.45. The summed E-state index contributed by atoms with van der Waals surface area (Å²) >= 11 is 0. The van der Waals surface area contributed by atoms with E-state index in [1.165, 1.54) is 25.7 Å². The number of quaternary nitrogens is 1. The Hall–Kier alpha value is -2.36. The van der Waals surface area contributed by atoms with Gasteiger partial charge in [0.15, 0.2) is 0 Å². The van der Waals surface area contributed by atoms with Gasteiger partial charge in [-0.1, -0.05) is 131 Å². The largest absolute Gasteiger partial charge is 0.756 e. The highest BCUT2D eigenvalue weighted by Gasteiger charge is 2.29. The molecule has 10 heteroatoms. The summed E-state index contributed by atoms with van der Waals surface area (Å²) in [6, 6.07) is -1.11. The monoisotopic (exact) mass is 819 g/mol. The zero-order valence-corrected chi connectivity index (χ0v) is 37.5. The van der Waals surface area contributed by atoms with Crippen LogP contribution in [0.3, 0.4) is 0 Å². The minimum Gasteiger partial charge on any atom is -0.756 e. The lowest BCUT2D eigenvalue weighted by atomic mass is 10.0. The maximum atomic E-state index is 12.9. The van der Waals surface area contributed by atoms with E-state index in [0.29, 0.717) is 30.3 Å². The lowest BCUT2D eigenvalue weighted by Crippen LogP contribution is -2.51. The van der Waals surface area contributed by atoms with Crippen molar-refractivity contribution in [1.29, 1.82) is 0 Å². The van der Waals surface area contributed by atoms with Crippen molar-refractivity contribution in [3.8, 4) is 0 Å². The molecule has 0 spiro atoms. The molecule has 0 saturated carbocycles. The Labute approximate surface area is 349 Å². The second kappa shape index (κ2) is 37.9. The van der Waals surface area contributed by atoms with Crippen molar-refractivity contribution in [3.63, 3.8) is 0 Å². The van der Waals surface area contributed by atoms with Crippen LogP contribution in [0.15, 0.2) is 85.1 Å². The molecule has 0 aliphatic carbocycles. The van der Waals surface area contributed by atoms with Crippen LogP contribution in [-0.2, 0) is 18.4 Å². The number of aliphatic hydroxyl groups excluding tert-OH is 2. The summed E-state index contributed by atoms with van der Waals surface area (Å²) in [4.78, 5) is 25.4. The van der Waals surface area contributed by atoms with E-state index in [1.807, 2.05) is 28.1 Å². The van der Waals surface area contributed by atoms with Gasteiger partial charge in [0, 0.05) is 6.42 Å². The fourth-order valence-electron chi connectivity index (χ4n) is 5.75. The van der Waals surface area contributed by atoms with E-state index in [9.17, 15) is 24.5 Å². The van der Waals surface area contributed by atoms with E-state index in [0.717, 1.165) is 83.5 Å². The number of amides is 1. The molecular weight excluding hydrogens is 735 g/mol. The predicted molar refractivity (Wildman–Crippen MR) is 239 cm³/mol. The SMILES string of the molecule is C/C=C/CC/C=C/CC/C=C/CCCC(O)C(O)C(COP(=O)([O-])OCC[N+](C)(C)C)NC(=O)CCCCCCCCCC/C=C\C/C=C\C/C=C\C/C=C\CC. The molecular formula is C47H83N2O7P. The van der Waals surface area contributed by atoms with Crippen molar-refractivity contribution >= 4 is 13.7 Å². The average molecular weight is 819 g/mol. The molecule has 57 heavy (non-hydrogen) atoms. The van der Waals surface area contributed by atoms with Crippen molar-refractivity contribution < 1.29 is 38.0 Å². The minimum absolute atomic E-state index is 0.0567. The van der Waals surface area contributed by atoms with E-state index >= 15 is 0 Å². The van der Waals surface area contributed by atoms with Crippen molar-refractivity contribution in [3.05, 3.63) is 85.1 Å². The average Bonchev–Trinajstić information content (AvgIpc) is 3.16. The summed E-state index contributed by atoms with van der Waals surface area (Å²) in [5.41, 5.74) is 0. The van der Waals surface area contributed by atoms with Gasteiger partial charge in [-0.05, 0) is 96.8 Å². The molecule has 0 fully saturated rings. The molecule has 0 aromatic rings. The molecule has 9 nitrogen and oxygen atoms in total. The molecule has 4 atom stereocenters. The summed E-state index contributed by atoms with van der Waals surface area (Å²) in [5.74, 6) is -0.309. The quantitative estimate of drug-likeness (QED) is 0.0245. The summed E-state index contributed by atoms with van der Waals surface area (Å²) in [5, 5.41) is 24.5. The zero-order chi connectivity index (χ0) is 42.3. The van der Waals surface area contributed by atoms with Gasteiger partial charge in [-0.2, -0.15) is 0 Å².